The maximum absolute atomic E-state index is 12.4. The normalized spacial score (nSPS) is 36.7. The lowest BCUT2D eigenvalue weighted by atomic mass is 9.75. The van der Waals surface area contributed by atoms with Crippen LogP contribution < -0.4 is 0 Å². The van der Waals surface area contributed by atoms with Crippen LogP contribution in [0.4, 0.5) is 0 Å². The van der Waals surface area contributed by atoms with Crippen molar-refractivity contribution in [3.63, 3.8) is 0 Å². The number of nitrogens with zero attached hydrogens (tertiary/aromatic N) is 1. The topological polar surface area (TPSA) is 120 Å². The van der Waals surface area contributed by atoms with Crippen molar-refractivity contribution in [1.82, 2.24) is 0 Å². The Morgan fingerprint density at radius 2 is 1.96 bits per heavy atom. The van der Waals surface area contributed by atoms with Crippen molar-refractivity contribution in [3.8, 4) is 0 Å². The number of aliphatic imine (C=N–C) groups is 1. The Morgan fingerprint density at radius 1 is 1.32 bits per heavy atom. The zero-order valence-electron chi connectivity index (χ0n) is 15.0. The van der Waals surface area contributed by atoms with Gasteiger partial charge in [-0.3, -0.25) is 9.79 Å². The van der Waals surface area contributed by atoms with Crippen LogP contribution in [0.3, 0.4) is 0 Å². The zero-order chi connectivity index (χ0) is 18.9. The average molecular weight is 373 g/mol. The fourth-order valence-corrected chi connectivity index (χ4v) is 4.14. The summed E-state index contributed by atoms with van der Waals surface area (Å²) >= 11 is 1.29. The van der Waals surface area contributed by atoms with Gasteiger partial charge in [0.1, 0.15) is 35.5 Å². The van der Waals surface area contributed by atoms with Crippen LogP contribution in [0.2, 0.25) is 0 Å². The summed E-state index contributed by atoms with van der Waals surface area (Å²) in [5.41, 5.74) is -0.377. The van der Waals surface area contributed by atoms with Gasteiger partial charge in [-0.1, -0.05) is 13.8 Å². The van der Waals surface area contributed by atoms with Crippen LogP contribution in [0.15, 0.2) is 16.3 Å². The highest BCUT2D eigenvalue weighted by molar-refractivity contribution is 7.99. The highest BCUT2D eigenvalue weighted by atomic mass is 32.2. The number of hydrogen-bond donors (Lipinski definition) is 4. The third-order valence-electron chi connectivity index (χ3n) is 4.64. The average Bonchev–Trinajstić information content (AvgIpc) is 2.50. The molecule has 0 bridgehead atoms. The summed E-state index contributed by atoms with van der Waals surface area (Å²) in [4.78, 5) is 16.8. The van der Waals surface area contributed by atoms with Crippen LogP contribution in [0.1, 0.15) is 33.6 Å². The minimum Gasteiger partial charge on any atom is -0.511 e. The van der Waals surface area contributed by atoms with Crippen molar-refractivity contribution in [2.45, 2.75) is 63.4 Å². The summed E-state index contributed by atoms with van der Waals surface area (Å²) in [7, 11) is 0. The van der Waals surface area contributed by atoms with Gasteiger partial charge in [0, 0.05) is 18.6 Å². The molecule has 1 aliphatic heterocycles. The number of carbonyl (C=O) groups excluding carboxylic acids is 1. The summed E-state index contributed by atoms with van der Waals surface area (Å²) in [6.45, 7) is 5.02. The van der Waals surface area contributed by atoms with E-state index in [1.165, 1.54) is 11.8 Å². The Kier molecular flexibility index (Phi) is 6.32. The van der Waals surface area contributed by atoms with Gasteiger partial charge >= 0.3 is 0 Å². The van der Waals surface area contributed by atoms with Gasteiger partial charge in [0.05, 0.1) is 12.2 Å². The number of aliphatic hydroxyl groups is 4. The van der Waals surface area contributed by atoms with Crippen molar-refractivity contribution >= 4 is 23.3 Å². The largest absolute Gasteiger partial charge is 0.511 e. The van der Waals surface area contributed by atoms with Gasteiger partial charge in [0.15, 0.2) is 5.78 Å². The van der Waals surface area contributed by atoms with E-state index < -0.39 is 36.4 Å². The third kappa shape index (κ3) is 4.25. The quantitative estimate of drug-likeness (QED) is 0.539. The summed E-state index contributed by atoms with van der Waals surface area (Å²) in [5.74, 6) is -0.182. The number of carbonyl (C=O) groups is 1. The van der Waals surface area contributed by atoms with Gasteiger partial charge in [0.25, 0.3) is 0 Å². The Labute approximate surface area is 151 Å². The summed E-state index contributed by atoms with van der Waals surface area (Å²) in [5, 5.41) is 40.0. The molecular weight excluding hydrogens is 346 g/mol. The number of thioether (sulfide) groups is 1. The number of Topliss-reactive ketones (excluding diaryl/α,β-unsaturated/α-hetero) is 1. The van der Waals surface area contributed by atoms with Gasteiger partial charge in [-0.25, -0.2) is 0 Å². The minimum absolute atomic E-state index is 0.00297. The second-order valence-corrected chi connectivity index (χ2v) is 8.35. The fourth-order valence-electron chi connectivity index (χ4n) is 3.39. The highest BCUT2D eigenvalue weighted by Crippen LogP contribution is 2.37. The van der Waals surface area contributed by atoms with Crippen LogP contribution in [-0.4, -0.2) is 74.6 Å². The smallest absolute Gasteiger partial charge is 0.168 e. The molecule has 0 saturated carbocycles. The van der Waals surface area contributed by atoms with Crippen LogP contribution in [0.25, 0.3) is 0 Å². The van der Waals surface area contributed by atoms with Crippen LogP contribution in [0, 0.1) is 5.41 Å². The summed E-state index contributed by atoms with van der Waals surface area (Å²) < 4.78 is 5.59. The number of hydrogen-bond acceptors (Lipinski definition) is 8. The molecule has 0 unspecified atom stereocenters. The molecule has 0 aromatic rings. The molecule has 0 aromatic heterocycles. The first kappa shape index (κ1) is 20.4. The van der Waals surface area contributed by atoms with Gasteiger partial charge < -0.3 is 25.2 Å². The third-order valence-corrected chi connectivity index (χ3v) is 5.49. The van der Waals surface area contributed by atoms with Gasteiger partial charge in [-0.05, 0) is 18.6 Å². The number of aliphatic hydroxyl groups excluding tert-OH is 4. The van der Waals surface area contributed by atoms with Crippen molar-refractivity contribution in [2.75, 3.05) is 12.9 Å². The first-order valence-electron chi connectivity index (χ1n) is 8.26. The van der Waals surface area contributed by atoms with E-state index in [1.807, 2.05) is 13.8 Å². The molecule has 0 aromatic carbocycles. The lowest BCUT2D eigenvalue weighted by Crippen LogP contribution is -2.57. The van der Waals surface area contributed by atoms with E-state index in [0.717, 1.165) is 0 Å². The molecule has 0 radical (unpaired) electrons. The van der Waals surface area contributed by atoms with Gasteiger partial charge in [-0.2, -0.15) is 0 Å². The van der Waals surface area contributed by atoms with E-state index in [2.05, 4.69) is 4.99 Å². The molecule has 1 fully saturated rings. The Morgan fingerprint density at radius 3 is 2.48 bits per heavy atom. The van der Waals surface area contributed by atoms with E-state index in [4.69, 9.17) is 4.74 Å². The molecule has 1 heterocycles. The van der Waals surface area contributed by atoms with Crippen molar-refractivity contribution in [1.29, 1.82) is 0 Å². The number of rotatable bonds is 4. The Bertz CT molecular complexity index is 586. The second-order valence-electron chi connectivity index (χ2n) is 7.41. The molecule has 0 spiro atoms. The van der Waals surface area contributed by atoms with E-state index >= 15 is 0 Å². The maximum Gasteiger partial charge on any atom is 0.168 e. The first-order chi connectivity index (χ1) is 11.6. The highest BCUT2D eigenvalue weighted by Gasteiger charge is 2.44. The minimum atomic E-state index is -1.28. The standard InChI is InChI=1S/C17H27NO6S/c1-8(12-9(20)5-17(2,3)6-10(12)21)18-13-15(23)14(22)11(7-19)24-16(13)25-4/h11,13-16,19-20,22-23H,5-7H2,1-4H3/t11-,13+,14-,15-,16+/m1/s1. The second kappa shape index (κ2) is 7.75. The summed E-state index contributed by atoms with van der Waals surface area (Å²) in [6, 6.07) is -0.809. The molecule has 1 saturated heterocycles. The molecular formula is C17H27NO6S. The number of allylic oxidation sites excluding steroid dienone is 2. The molecule has 5 atom stereocenters. The molecule has 2 rings (SSSR count). The van der Waals surface area contributed by atoms with Crippen molar-refractivity contribution < 1.29 is 30.0 Å². The van der Waals surface area contributed by atoms with Gasteiger partial charge in [0.2, 0.25) is 0 Å². The number of ether oxygens (including phenoxy) is 1. The Balaban J connectivity index is 2.32. The Hall–Kier alpha value is -0.930. The van der Waals surface area contributed by atoms with E-state index in [0.29, 0.717) is 18.6 Å². The van der Waals surface area contributed by atoms with Crippen molar-refractivity contribution in [3.05, 3.63) is 11.3 Å². The van der Waals surface area contributed by atoms with Gasteiger partial charge in [-0.15, -0.1) is 11.8 Å². The molecule has 142 valence electrons. The predicted molar refractivity (Wildman–Crippen MR) is 95.8 cm³/mol. The van der Waals surface area contributed by atoms with Crippen LogP contribution in [-0.2, 0) is 9.53 Å². The van der Waals surface area contributed by atoms with E-state index in [-0.39, 0.29) is 22.5 Å². The monoisotopic (exact) mass is 373 g/mol. The fraction of sp³-hybridized carbons (Fsp3) is 0.765. The molecule has 2 aliphatic rings. The predicted octanol–water partition coefficient (Wildman–Crippen LogP) is 0.819. The zero-order valence-corrected chi connectivity index (χ0v) is 15.8. The molecule has 7 nitrogen and oxygen atoms in total. The number of ketones is 1. The first-order valence-corrected chi connectivity index (χ1v) is 9.55. The maximum atomic E-state index is 12.4. The summed E-state index contributed by atoms with van der Waals surface area (Å²) in [6.07, 6.45) is -0.943. The SMILES string of the molecule is CS[C@@H]1O[C@H](CO)[C@@H](O)[C@H](O)[C@@H]1N=C(C)C1=C(O)CC(C)(C)CC1=O. The molecule has 25 heavy (non-hydrogen) atoms. The lowest BCUT2D eigenvalue weighted by molar-refractivity contribution is -0.165. The van der Waals surface area contributed by atoms with E-state index in [1.54, 1.807) is 13.2 Å². The molecule has 4 N–H and O–H groups in total. The van der Waals surface area contributed by atoms with Crippen LogP contribution >= 0.6 is 11.8 Å². The lowest BCUT2D eigenvalue weighted by Gasteiger charge is -2.40. The van der Waals surface area contributed by atoms with Crippen LogP contribution in [0.5, 0.6) is 0 Å². The molecule has 0 amide bonds. The van der Waals surface area contributed by atoms with Crippen molar-refractivity contribution in [2.24, 2.45) is 10.4 Å². The van der Waals surface area contributed by atoms with E-state index in [9.17, 15) is 25.2 Å². The molecule has 8 heteroatoms. The molecule has 1 aliphatic carbocycles.